The number of ketones is 1. The highest BCUT2D eigenvalue weighted by atomic mass is 35.5. The van der Waals surface area contributed by atoms with E-state index in [0.29, 0.717) is 11.3 Å². The number of Topliss-reactive ketones (excluding diaryl/α,β-unsaturated/α-hetero) is 1. The van der Waals surface area contributed by atoms with Gasteiger partial charge in [0.15, 0.2) is 5.78 Å². The molecule has 0 saturated heterocycles. The molecule has 1 rings (SSSR count). The number of pyridine rings is 1. The fourth-order valence-electron chi connectivity index (χ4n) is 1.01. The Hall–Kier alpha value is -1.40. The highest BCUT2D eigenvalue weighted by molar-refractivity contribution is 6.30. The van der Waals surface area contributed by atoms with Crippen molar-refractivity contribution in [3.63, 3.8) is 0 Å². The van der Waals surface area contributed by atoms with Crippen LogP contribution in [0.5, 0.6) is 0 Å². The van der Waals surface area contributed by atoms with Crippen molar-refractivity contribution in [2.75, 3.05) is 0 Å². The summed E-state index contributed by atoms with van der Waals surface area (Å²) in [4.78, 5) is 14.9. The van der Waals surface area contributed by atoms with Crippen molar-refractivity contribution in [3.05, 3.63) is 28.0 Å². The highest BCUT2D eigenvalue weighted by Crippen LogP contribution is 2.16. The van der Waals surface area contributed by atoms with Crippen LogP contribution in [0, 0.1) is 18.3 Å². The molecule has 0 aliphatic carbocycles. The monoisotopic (exact) mass is 194 g/mol. The fourth-order valence-corrected chi connectivity index (χ4v) is 1.23. The van der Waals surface area contributed by atoms with Crippen molar-refractivity contribution in [1.82, 2.24) is 4.98 Å². The Morgan fingerprint density at radius 3 is 2.77 bits per heavy atom. The zero-order valence-electron chi connectivity index (χ0n) is 7.26. The molecule has 0 bridgehead atoms. The van der Waals surface area contributed by atoms with Gasteiger partial charge in [0.2, 0.25) is 0 Å². The van der Waals surface area contributed by atoms with E-state index in [0.717, 1.165) is 0 Å². The summed E-state index contributed by atoms with van der Waals surface area (Å²) in [6, 6.07) is 3.34. The molecule has 1 aromatic heterocycles. The van der Waals surface area contributed by atoms with Gasteiger partial charge >= 0.3 is 0 Å². The van der Waals surface area contributed by atoms with Crippen LogP contribution in [0.4, 0.5) is 0 Å². The van der Waals surface area contributed by atoms with Crippen LogP contribution >= 0.6 is 11.6 Å². The molecule has 0 aliphatic heterocycles. The molecule has 0 aromatic carbocycles. The summed E-state index contributed by atoms with van der Waals surface area (Å²) in [5.41, 5.74) is 1.23. The first-order valence-electron chi connectivity index (χ1n) is 3.64. The highest BCUT2D eigenvalue weighted by Gasteiger charge is 2.09. The molecular weight excluding hydrogens is 188 g/mol. The van der Waals surface area contributed by atoms with Crippen LogP contribution in [0.25, 0.3) is 0 Å². The Bertz CT molecular complexity index is 407. The smallest absolute Gasteiger partial charge is 0.161 e. The van der Waals surface area contributed by atoms with E-state index in [1.165, 1.54) is 13.0 Å². The number of hydrogen-bond donors (Lipinski definition) is 0. The van der Waals surface area contributed by atoms with Crippen LogP contribution in [0.3, 0.4) is 0 Å². The van der Waals surface area contributed by atoms with Gasteiger partial charge in [-0.3, -0.25) is 4.79 Å². The van der Waals surface area contributed by atoms with Crippen molar-refractivity contribution in [2.24, 2.45) is 0 Å². The van der Waals surface area contributed by atoms with E-state index in [1.54, 1.807) is 6.92 Å². The second kappa shape index (κ2) is 3.55. The standard InChI is InChI=1S/C9H7ClN2O/c1-5-8(6(2)13)3-7(4-11)9(10)12-5/h3H,1-2H3. The number of rotatable bonds is 1. The number of halogens is 1. The van der Waals surface area contributed by atoms with E-state index in [4.69, 9.17) is 16.9 Å². The SMILES string of the molecule is CC(=O)c1cc(C#N)c(Cl)nc1C. The molecule has 66 valence electrons. The number of carbonyl (C=O) groups is 1. The molecule has 0 amide bonds. The molecule has 0 atom stereocenters. The largest absolute Gasteiger partial charge is 0.294 e. The molecule has 0 saturated carbocycles. The van der Waals surface area contributed by atoms with E-state index in [2.05, 4.69) is 4.98 Å². The average molecular weight is 195 g/mol. The lowest BCUT2D eigenvalue weighted by Gasteiger charge is -2.02. The average Bonchev–Trinajstić information content (AvgIpc) is 2.03. The Morgan fingerprint density at radius 2 is 2.31 bits per heavy atom. The number of hydrogen-bond acceptors (Lipinski definition) is 3. The summed E-state index contributed by atoms with van der Waals surface area (Å²) in [6.45, 7) is 3.11. The zero-order chi connectivity index (χ0) is 10.0. The van der Waals surface area contributed by atoms with Gasteiger partial charge in [0.25, 0.3) is 0 Å². The van der Waals surface area contributed by atoms with E-state index < -0.39 is 0 Å². The lowest BCUT2D eigenvalue weighted by atomic mass is 10.1. The van der Waals surface area contributed by atoms with Crippen molar-refractivity contribution in [2.45, 2.75) is 13.8 Å². The molecule has 4 heteroatoms. The summed E-state index contributed by atoms with van der Waals surface area (Å²) in [7, 11) is 0. The second-order valence-electron chi connectivity index (χ2n) is 2.63. The summed E-state index contributed by atoms with van der Waals surface area (Å²) < 4.78 is 0. The topological polar surface area (TPSA) is 53.8 Å². The van der Waals surface area contributed by atoms with Crippen LogP contribution in [-0.4, -0.2) is 10.8 Å². The van der Waals surface area contributed by atoms with Crippen LogP contribution in [0.15, 0.2) is 6.07 Å². The quantitative estimate of drug-likeness (QED) is 0.508. The van der Waals surface area contributed by atoms with Gasteiger partial charge in [0.1, 0.15) is 11.2 Å². The van der Waals surface area contributed by atoms with Gasteiger partial charge in [-0.15, -0.1) is 0 Å². The van der Waals surface area contributed by atoms with Crippen molar-refractivity contribution >= 4 is 17.4 Å². The van der Waals surface area contributed by atoms with Crippen LogP contribution in [0.1, 0.15) is 28.5 Å². The first-order chi connectivity index (χ1) is 6.06. The molecule has 0 fully saturated rings. The van der Waals surface area contributed by atoms with E-state index in [-0.39, 0.29) is 16.5 Å². The maximum absolute atomic E-state index is 11.1. The van der Waals surface area contributed by atoms with Crippen LogP contribution in [-0.2, 0) is 0 Å². The number of aromatic nitrogens is 1. The summed E-state index contributed by atoms with van der Waals surface area (Å²) in [5.74, 6) is -0.113. The predicted molar refractivity (Wildman–Crippen MR) is 48.7 cm³/mol. The summed E-state index contributed by atoms with van der Waals surface area (Å²) in [5, 5.41) is 8.77. The lowest BCUT2D eigenvalue weighted by molar-refractivity contribution is 0.101. The third-order valence-corrected chi connectivity index (χ3v) is 1.95. The molecular formula is C9H7ClN2O. The summed E-state index contributed by atoms with van der Waals surface area (Å²) >= 11 is 5.66. The first-order valence-corrected chi connectivity index (χ1v) is 4.02. The predicted octanol–water partition coefficient (Wildman–Crippen LogP) is 2.12. The van der Waals surface area contributed by atoms with Gasteiger partial charge in [0.05, 0.1) is 5.56 Å². The van der Waals surface area contributed by atoms with E-state index in [9.17, 15) is 4.79 Å². The number of carbonyl (C=O) groups excluding carboxylic acids is 1. The maximum atomic E-state index is 11.1. The van der Waals surface area contributed by atoms with E-state index >= 15 is 0 Å². The molecule has 13 heavy (non-hydrogen) atoms. The van der Waals surface area contributed by atoms with E-state index in [1.807, 2.05) is 6.07 Å². The summed E-state index contributed by atoms with van der Waals surface area (Å²) in [6.07, 6.45) is 0. The van der Waals surface area contributed by atoms with Gasteiger partial charge in [-0.1, -0.05) is 11.6 Å². The van der Waals surface area contributed by atoms with Crippen molar-refractivity contribution in [3.8, 4) is 6.07 Å². The Labute approximate surface area is 81.0 Å². The van der Waals surface area contributed by atoms with Gasteiger partial charge < -0.3 is 0 Å². The van der Waals surface area contributed by atoms with Crippen molar-refractivity contribution in [1.29, 1.82) is 5.26 Å². The minimum absolute atomic E-state index is 0.113. The molecule has 0 spiro atoms. The van der Waals surface area contributed by atoms with Gasteiger partial charge in [0, 0.05) is 11.3 Å². The second-order valence-corrected chi connectivity index (χ2v) is 2.99. The van der Waals surface area contributed by atoms with Gasteiger partial charge in [-0.25, -0.2) is 4.98 Å². The molecule has 0 aliphatic rings. The fraction of sp³-hybridized carbons (Fsp3) is 0.222. The Balaban J connectivity index is 3.41. The molecule has 1 heterocycles. The minimum atomic E-state index is -0.113. The Morgan fingerprint density at radius 1 is 1.69 bits per heavy atom. The maximum Gasteiger partial charge on any atom is 0.161 e. The molecule has 0 radical (unpaired) electrons. The van der Waals surface area contributed by atoms with Crippen molar-refractivity contribution < 1.29 is 4.79 Å². The number of nitriles is 1. The molecule has 0 N–H and O–H groups in total. The number of nitrogens with zero attached hydrogens (tertiary/aromatic N) is 2. The molecule has 1 aromatic rings. The third-order valence-electron chi connectivity index (χ3n) is 1.67. The van der Waals surface area contributed by atoms with Crippen LogP contribution < -0.4 is 0 Å². The minimum Gasteiger partial charge on any atom is -0.294 e. The number of aryl methyl sites for hydroxylation is 1. The molecule has 0 unspecified atom stereocenters. The first kappa shape index (κ1) is 9.69. The van der Waals surface area contributed by atoms with Gasteiger partial charge in [-0.2, -0.15) is 5.26 Å². The molecule has 3 nitrogen and oxygen atoms in total. The third kappa shape index (κ3) is 1.85. The zero-order valence-corrected chi connectivity index (χ0v) is 8.01. The lowest BCUT2D eigenvalue weighted by Crippen LogP contribution is -2.00. The normalized spacial score (nSPS) is 9.38. The Kier molecular flexibility index (Phi) is 2.64. The van der Waals surface area contributed by atoms with Crippen LogP contribution in [0.2, 0.25) is 5.15 Å². The van der Waals surface area contributed by atoms with Gasteiger partial charge in [-0.05, 0) is 19.9 Å².